The van der Waals surface area contributed by atoms with Crippen molar-refractivity contribution in [1.29, 1.82) is 5.26 Å². The SMILES string of the molecule is N#Cc1ccc(C(=O)N2CCC(C(=O)Nc3ccncc3)CC2)cc1. The Morgan fingerprint density at radius 2 is 1.72 bits per heavy atom. The number of anilines is 1. The molecule has 1 aromatic carbocycles. The van der Waals surface area contributed by atoms with E-state index in [0.717, 1.165) is 5.69 Å². The Morgan fingerprint density at radius 1 is 1.08 bits per heavy atom. The molecular weight excluding hydrogens is 316 g/mol. The Morgan fingerprint density at radius 3 is 2.32 bits per heavy atom. The number of aromatic nitrogens is 1. The van der Waals surface area contributed by atoms with E-state index in [2.05, 4.69) is 10.3 Å². The number of nitrogens with one attached hydrogen (secondary N) is 1. The van der Waals surface area contributed by atoms with Crippen molar-refractivity contribution in [2.45, 2.75) is 12.8 Å². The highest BCUT2D eigenvalue weighted by Crippen LogP contribution is 2.21. The number of carbonyl (C=O) groups excluding carboxylic acids is 2. The van der Waals surface area contributed by atoms with Gasteiger partial charge in [0.25, 0.3) is 5.91 Å². The van der Waals surface area contributed by atoms with Crippen LogP contribution in [-0.2, 0) is 4.79 Å². The monoisotopic (exact) mass is 334 g/mol. The topological polar surface area (TPSA) is 86.1 Å². The number of rotatable bonds is 3. The summed E-state index contributed by atoms with van der Waals surface area (Å²) in [5.74, 6) is -0.174. The first kappa shape index (κ1) is 16.7. The standard InChI is InChI=1S/C19H18N4O2/c20-13-14-1-3-16(4-2-14)19(25)23-11-7-15(8-12-23)18(24)22-17-5-9-21-10-6-17/h1-6,9-10,15H,7-8,11-12H2,(H,21,22,24). The molecule has 0 unspecified atom stereocenters. The van der Waals surface area contributed by atoms with Crippen LogP contribution in [0.5, 0.6) is 0 Å². The largest absolute Gasteiger partial charge is 0.339 e. The Hall–Kier alpha value is -3.20. The smallest absolute Gasteiger partial charge is 0.253 e. The molecule has 0 bridgehead atoms. The summed E-state index contributed by atoms with van der Waals surface area (Å²) in [4.78, 5) is 30.5. The van der Waals surface area contributed by atoms with Crippen LogP contribution in [0.1, 0.15) is 28.8 Å². The Labute approximate surface area is 146 Å². The molecule has 126 valence electrons. The molecule has 6 heteroatoms. The van der Waals surface area contributed by atoms with Crippen LogP contribution in [0.2, 0.25) is 0 Å². The van der Waals surface area contributed by atoms with Crippen molar-refractivity contribution >= 4 is 17.5 Å². The maximum absolute atomic E-state index is 12.5. The molecule has 0 radical (unpaired) electrons. The van der Waals surface area contributed by atoms with Gasteiger partial charge in [-0.05, 0) is 49.2 Å². The number of piperidine rings is 1. The minimum atomic E-state index is -0.0989. The van der Waals surface area contributed by atoms with Crippen LogP contribution in [-0.4, -0.2) is 34.8 Å². The fraction of sp³-hybridized carbons (Fsp3) is 0.263. The summed E-state index contributed by atoms with van der Waals surface area (Å²) in [7, 11) is 0. The van der Waals surface area contributed by atoms with Gasteiger partial charge < -0.3 is 10.2 Å². The van der Waals surface area contributed by atoms with Crippen LogP contribution in [0.4, 0.5) is 5.69 Å². The van der Waals surface area contributed by atoms with Gasteiger partial charge in [-0.25, -0.2) is 0 Å². The van der Waals surface area contributed by atoms with Crippen molar-refractivity contribution in [3.05, 3.63) is 59.9 Å². The maximum Gasteiger partial charge on any atom is 0.253 e. The summed E-state index contributed by atoms with van der Waals surface area (Å²) in [6.45, 7) is 1.10. The van der Waals surface area contributed by atoms with Crippen molar-refractivity contribution in [1.82, 2.24) is 9.88 Å². The van der Waals surface area contributed by atoms with E-state index >= 15 is 0 Å². The number of likely N-dealkylation sites (tertiary alicyclic amines) is 1. The highest BCUT2D eigenvalue weighted by Gasteiger charge is 2.27. The molecular formula is C19H18N4O2. The van der Waals surface area contributed by atoms with E-state index < -0.39 is 0 Å². The molecule has 2 aromatic rings. The zero-order valence-corrected chi connectivity index (χ0v) is 13.7. The molecule has 1 aliphatic heterocycles. The van der Waals surface area contributed by atoms with E-state index in [9.17, 15) is 9.59 Å². The molecule has 0 atom stereocenters. The van der Waals surface area contributed by atoms with E-state index in [0.29, 0.717) is 37.1 Å². The van der Waals surface area contributed by atoms with E-state index in [1.54, 1.807) is 53.7 Å². The van der Waals surface area contributed by atoms with Crippen LogP contribution < -0.4 is 5.32 Å². The average Bonchev–Trinajstić information content (AvgIpc) is 2.68. The summed E-state index contributed by atoms with van der Waals surface area (Å²) in [6, 6.07) is 12.2. The molecule has 2 amide bonds. The van der Waals surface area contributed by atoms with Crippen molar-refractivity contribution < 1.29 is 9.59 Å². The van der Waals surface area contributed by atoms with Gasteiger partial charge in [-0.1, -0.05) is 0 Å². The van der Waals surface area contributed by atoms with Gasteiger partial charge in [-0.3, -0.25) is 14.6 Å². The molecule has 1 fully saturated rings. The normalized spacial score (nSPS) is 14.6. The maximum atomic E-state index is 12.5. The van der Waals surface area contributed by atoms with E-state index in [-0.39, 0.29) is 17.7 Å². The number of nitriles is 1. The molecule has 1 aliphatic rings. The summed E-state index contributed by atoms with van der Waals surface area (Å²) in [5, 5.41) is 11.7. The van der Waals surface area contributed by atoms with Crippen LogP contribution >= 0.6 is 0 Å². The first-order valence-electron chi connectivity index (χ1n) is 8.17. The molecule has 25 heavy (non-hydrogen) atoms. The van der Waals surface area contributed by atoms with E-state index in [1.165, 1.54) is 0 Å². The molecule has 2 heterocycles. The molecule has 0 saturated carbocycles. The first-order valence-corrected chi connectivity index (χ1v) is 8.17. The van der Waals surface area contributed by atoms with Gasteiger partial charge in [-0.15, -0.1) is 0 Å². The quantitative estimate of drug-likeness (QED) is 0.934. The van der Waals surface area contributed by atoms with Crippen molar-refractivity contribution in [3.63, 3.8) is 0 Å². The molecule has 3 rings (SSSR count). The Kier molecular flexibility index (Phi) is 5.05. The minimum Gasteiger partial charge on any atom is -0.339 e. The molecule has 1 aromatic heterocycles. The zero-order valence-electron chi connectivity index (χ0n) is 13.7. The fourth-order valence-corrected chi connectivity index (χ4v) is 2.89. The van der Waals surface area contributed by atoms with Crippen molar-refractivity contribution in [2.75, 3.05) is 18.4 Å². The van der Waals surface area contributed by atoms with Gasteiger partial charge in [0.2, 0.25) is 5.91 Å². The lowest BCUT2D eigenvalue weighted by atomic mass is 9.95. The second-order valence-electron chi connectivity index (χ2n) is 5.98. The van der Waals surface area contributed by atoms with Gasteiger partial charge in [-0.2, -0.15) is 5.26 Å². The second kappa shape index (κ2) is 7.58. The number of hydrogen-bond acceptors (Lipinski definition) is 4. The molecule has 1 saturated heterocycles. The van der Waals surface area contributed by atoms with Crippen LogP contribution in [0.3, 0.4) is 0 Å². The highest BCUT2D eigenvalue weighted by molar-refractivity contribution is 5.95. The van der Waals surface area contributed by atoms with Gasteiger partial charge in [0.05, 0.1) is 11.6 Å². The Bertz CT molecular complexity index is 788. The Balaban J connectivity index is 1.55. The summed E-state index contributed by atoms with van der Waals surface area (Å²) in [5.41, 5.74) is 1.83. The molecule has 0 aliphatic carbocycles. The third-order valence-electron chi connectivity index (χ3n) is 4.36. The zero-order chi connectivity index (χ0) is 17.6. The van der Waals surface area contributed by atoms with Crippen LogP contribution in [0, 0.1) is 17.2 Å². The van der Waals surface area contributed by atoms with Gasteiger partial charge >= 0.3 is 0 Å². The lowest BCUT2D eigenvalue weighted by Crippen LogP contribution is -2.41. The predicted molar refractivity (Wildman–Crippen MR) is 92.7 cm³/mol. The van der Waals surface area contributed by atoms with E-state index in [1.807, 2.05) is 6.07 Å². The number of amides is 2. The minimum absolute atomic E-state index is 0.0170. The number of hydrogen-bond donors (Lipinski definition) is 1. The predicted octanol–water partition coefficient (Wildman–Crippen LogP) is 2.44. The lowest BCUT2D eigenvalue weighted by molar-refractivity contribution is -0.121. The van der Waals surface area contributed by atoms with Crippen molar-refractivity contribution in [2.24, 2.45) is 5.92 Å². The number of nitrogens with zero attached hydrogens (tertiary/aromatic N) is 3. The van der Waals surface area contributed by atoms with Crippen LogP contribution in [0.25, 0.3) is 0 Å². The number of carbonyl (C=O) groups is 2. The van der Waals surface area contributed by atoms with Gasteiger partial charge in [0, 0.05) is 42.7 Å². The summed E-state index contributed by atoms with van der Waals surface area (Å²) >= 11 is 0. The number of pyridine rings is 1. The first-order chi connectivity index (χ1) is 12.2. The number of benzene rings is 1. The highest BCUT2D eigenvalue weighted by atomic mass is 16.2. The third-order valence-corrected chi connectivity index (χ3v) is 4.36. The summed E-state index contributed by atoms with van der Waals surface area (Å²) in [6.07, 6.45) is 4.54. The lowest BCUT2D eigenvalue weighted by Gasteiger charge is -2.31. The second-order valence-corrected chi connectivity index (χ2v) is 5.98. The molecule has 0 spiro atoms. The fourth-order valence-electron chi connectivity index (χ4n) is 2.89. The third kappa shape index (κ3) is 4.01. The average molecular weight is 334 g/mol. The molecule has 1 N–H and O–H groups in total. The van der Waals surface area contributed by atoms with Gasteiger partial charge in [0.15, 0.2) is 0 Å². The summed E-state index contributed by atoms with van der Waals surface area (Å²) < 4.78 is 0. The van der Waals surface area contributed by atoms with Gasteiger partial charge in [0.1, 0.15) is 0 Å². The van der Waals surface area contributed by atoms with E-state index in [4.69, 9.17) is 5.26 Å². The molecule has 6 nitrogen and oxygen atoms in total. The van der Waals surface area contributed by atoms with Crippen molar-refractivity contribution in [3.8, 4) is 6.07 Å². The van der Waals surface area contributed by atoms with Crippen LogP contribution in [0.15, 0.2) is 48.8 Å².